The zero-order chi connectivity index (χ0) is 21.2. The van der Waals surface area contributed by atoms with Crippen molar-refractivity contribution in [3.63, 3.8) is 0 Å². The summed E-state index contributed by atoms with van der Waals surface area (Å²) in [6.45, 7) is 1.26. The van der Waals surface area contributed by atoms with Crippen LogP contribution in [0, 0.1) is 11.3 Å². The average Bonchev–Trinajstić information content (AvgIpc) is 2.72. The number of nitriles is 1. The predicted octanol–water partition coefficient (Wildman–Crippen LogP) is 3.54. The minimum Gasteiger partial charge on any atom is -0.368 e. The van der Waals surface area contributed by atoms with Crippen LogP contribution in [-0.2, 0) is 6.18 Å². The minimum atomic E-state index is -4.47. The third-order valence-corrected chi connectivity index (χ3v) is 5.13. The zero-order valence-corrected chi connectivity index (χ0v) is 16.6. The number of alkyl halides is 3. The summed E-state index contributed by atoms with van der Waals surface area (Å²) < 4.78 is 38.9. The van der Waals surface area contributed by atoms with Crippen molar-refractivity contribution >= 4 is 17.5 Å². The lowest BCUT2D eigenvalue weighted by molar-refractivity contribution is -0.137. The molecule has 3 rings (SSSR count). The topological polar surface area (TPSA) is 59.3 Å². The fraction of sp³-hybridized carbons (Fsp3) is 0.450. The van der Waals surface area contributed by atoms with Crippen LogP contribution in [0.25, 0.3) is 0 Å². The standard InChI is InChI=1S/C20H23F3N6/c1-27(2)18-8-9-25-19(26-18)28(3)16-5-4-10-29(13-16)17-7-6-15(20(21,22)23)11-14(17)12-24/h6-9,11,16H,4-5,10,13H2,1-3H3. The number of anilines is 3. The van der Waals surface area contributed by atoms with Crippen molar-refractivity contribution in [2.45, 2.75) is 25.1 Å². The van der Waals surface area contributed by atoms with Gasteiger partial charge in [0.1, 0.15) is 11.9 Å². The number of aromatic nitrogens is 2. The van der Waals surface area contributed by atoms with Gasteiger partial charge in [0.15, 0.2) is 0 Å². The molecule has 0 bridgehead atoms. The van der Waals surface area contributed by atoms with E-state index in [-0.39, 0.29) is 11.6 Å². The van der Waals surface area contributed by atoms with Gasteiger partial charge in [-0.25, -0.2) is 4.98 Å². The van der Waals surface area contributed by atoms with Crippen molar-refractivity contribution in [2.75, 3.05) is 48.9 Å². The third-order valence-electron chi connectivity index (χ3n) is 5.13. The molecule has 1 aliphatic rings. The maximum atomic E-state index is 13.0. The number of piperidine rings is 1. The van der Waals surface area contributed by atoms with Gasteiger partial charge >= 0.3 is 6.18 Å². The van der Waals surface area contributed by atoms with E-state index in [4.69, 9.17) is 0 Å². The lowest BCUT2D eigenvalue weighted by atomic mass is 10.0. The molecule has 0 radical (unpaired) electrons. The van der Waals surface area contributed by atoms with Crippen molar-refractivity contribution < 1.29 is 13.2 Å². The summed E-state index contributed by atoms with van der Waals surface area (Å²) in [5.74, 6) is 1.39. The number of likely N-dealkylation sites (N-methyl/N-ethyl adjacent to an activating group) is 1. The van der Waals surface area contributed by atoms with Crippen LogP contribution in [0.5, 0.6) is 0 Å². The number of benzene rings is 1. The number of hydrogen-bond donors (Lipinski definition) is 0. The van der Waals surface area contributed by atoms with E-state index in [2.05, 4.69) is 9.97 Å². The first kappa shape index (κ1) is 20.7. The van der Waals surface area contributed by atoms with Gasteiger partial charge in [0.05, 0.1) is 16.8 Å². The fourth-order valence-electron chi connectivity index (χ4n) is 3.49. The van der Waals surface area contributed by atoms with E-state index in [0.29, 0.717) is 24.7 Å². The summed E-state index contributed by atoms with van der Waals surface area (Å²) in [5, 5.41) is 9.40. The number of hydrogen-bond acceptors (Lipinski definition) is 6. The first-order valence-electron chi connectivity index (χ1n) is 9.30. The molecule has 1 aromatic heterocycles. The summed E-state index contributed by atoms with van der Waals surface area (Å²) in [5.41, 5.74) is -0.243. The van der Waals surface area contributed by atoms with Crippen LogP contribution in [0.15, 0.2) is 30.5 Å². The molecule has 1 saturated heterocycles. The lowest BCUT2D eigenvalue weighted by Crippen LogP contribution is -2.47. The Labute approximate surface area is 168 Å². The Morgan fingerprint density at radius 3 is 2.62 bits per heavy atom. The molecule has 2 aromatic rings. The van der Waals surface area contributed by atoms with Crippen molar-refractivity contribution in [2.24, 2.45) is 0 Å². The second-order valence-corrected chi connectivity index (χ2v) is 7.30. The number of halogens is 3. The summed E-state index contributed by atoms with van der Waals surface area (Å²) in [6.07, 6.45) is -0.999. The van der Waals surface area contributed by atoms with E-state index in [1.165, 1.54) is 6.07 Å². The van der Waals surface area contributed by atoms with Gasteiger partial charge in [-0.3, -0.25) is 0 Å². The second-order valence-electron chi connectivity index (χ2n) is 7.30. The van der Waals surface area contributed by atoms with Gasteiger partial charge in [0.25, 0.3) is 0 Å². The van der Waals surface area contributed by atoms with Gasteiger partial charge in [-0.15, -0.1) is 0 Å². The molecule has 1 unspecified atom stereocenters. The highest BCUT2D eigenvalue weighted by atomic mass is 19.4. The van der Waals surface area contributed by atoms with Gasteiger partial charge in [0.2, 0.25) is 5.95 Å². The van der Waals surface area contributed by atoms with Crippen LogP contribution in [0.1, 0.15) is 24.0 Å². The molecule has 9 heteroatoms. The van der Waals surface area contributed by atoms with Gasteiger partial charge < -0.3 is 14.7 Å². The smallest absolute Gasteiger partial charge is 0.368 e. The largest absolute Gasteiger partial charge is 0.416 e. The minimum absolute atomic E-state index is 0.0361. The van der Waals surface area contributed by atoms with E-state index < -0.39 is 11.7 Å². The van der Waals surface area contributed by atoms with Crippen LogP contribution in [0.3, 0.4) is 0 Å². The van der Waals surface area contributed by atoms with E-state index in [0.717, 1.165) is 30.8 Å². The van der Waals surface area contributed by atoms with Crippen LogP contribution >= 0.6 is 0 Å². The Kier molecular flexibility index (Phi) is 5.82. The van der Waals surface area contributed by atoms with Gasteiger partial charge in [0, 0.05) is 46.5 Å². The molecular weight excluding hydrogens is 381 g/mol. The molecular formula is C20H23F3N6. The fourth-order valence-corrected chi connectivity index (χ4v) is 3.49. The van der Waals surface area contributed by atoms with Crippen LogP contribution in [0.4, 0.5) is 30.6 Å². The van der Waals surface area contributed by atoms with E-state index in [1.54, 1.807) is 6.20 Å². The Bertz CT molecular complexity index is 906. The van der Waals surface area contributed by atoms with Crippen LogP contribution in [0.2, 0.25) is 0 Å². The van der Waals surface area contributed by atoms with E-state index >= 15 is 0 Å². The second kappa shape index (κ2) is 8.15. The molecule has 0 N–H and O–H groups in total. The molecule has 29 heavy (non-hydrogen) atoms. The maximum Gasteiger partial charge on any atom is 0.416 e. The molecule has 0 saturated carbocycles. The SMILES string of the molecule is CN(C)c1ccnc(N(C)C2CCCN(c3ccc(C(F)(F)F)cc3C#N)C2)n1. The molecule has 154 valence electrons. The normalized spacial score (nSPS) is 17.0. The van der Waals surface area contributed by atoms with E-state index in [1.807, 2.05) is 48.0 Å². The molecule has 1 fully saturated rings. The summed E-state index contributed by atoms with van der Waals surface area (Å²) >= 11 is 0. The molecule has 6 nitrogen and oxygen atoms in total. The highest BCUT2D eigenvalue weighted by molar-refractivity contribution is 5.61. The van der Waals surface area contributed by atoms with Crippen molar-refractivity contribution in [1.29, 1.82) is 5.26 Å². The summed E-state index contributed by atoms with van der Waals surface area (Å²) in [4.78, 5) is 14.8. The van der Waals surface area contributed by atoms with Gasteiger partial charge in [-0.1, -0.05) is 0 Å². The Morgan fingerprint density at radius 1 is 1.21 bits per heavy atom. The quantitative estimate of drug-likeness (QED) is 0.777. The molecule has 1 atom stereocenters. The highest BCUT2D eigenvalue weighted by Crippen LogP contribution is 2.34. The molecule has 0 aliphatic carbocycles. The summed E-state index contributed by atoms with van der Waals surface area (Å²) in [7, 11) is 5.73. The van der Waals surface area contributed by atoms with Gasteiger partial charge in [-0.2, -0.15) is 23.4 Å². The van der Waals surface area contributed by atoms with E-state index in [9.17, 15) is 18.4 Å². The van der Waals surface area contributed by atoms with Crippen molar-refractivity contribution in [3.05, 3.63) is 41.6 Å². The molecule has 0 spiro atoms. The Morgan fingerprint density at radius 2 is 1.97 bits per heavy atom. The third kappa shape index (κ3) is 4.53. The average molecular weight is 404 g/mol. The van der Waals surface area contributed by atoms with Gasteiger partial charge in [-0.05, 0) is 37.1 Å². The first-order valence-corrected chi connectivity index (χ1v) is 9.30. The molecule has 1 aliphatic heterocycles. The zero-order valence-electron chi connectivity index (χ0n) is 16.6. The maximum absolute atomic E-state index is 13.0. The Hall–Kier alpha value is -3.02. The number of nitrogens with zero attached hydrogens (tertiary/aromatic N) is 6. The monoisotopic (exact) mass is 404 g/mol. The molecule has 1 aromatic carbocycles. The van der Waals surface area contributed by atoms with Crippen molar-refractivity contribution in [1.82, 2.24) is 9.97 Å². The highest BCUT2D eigenvalue weighted by Gasteiger charge is 2.32. The molecule has 0 amide bonds. The predicted molar refractivity (Wildman–Crippen MR) is 106 cm³/mol. The van der Waals surface area contributed by atoms with Crippen LogP contribution < -0.4 is 14.7 Å². The Balaban J connectivity index is 1.82. The van der Waals surface area contributed by atoms with Crippen molar-refractivity contribution in [3.8, 4) is 6.07 Å². The molecule has 2 heterocycles. The van der Waals surface area contributed by atoms with Crippen LogP contribution in [-0.4, -0.2) is 50.2 Å². The first-order chi connectivity index (χ1) is 13.7. The number of rotatable bonds is 4. The summed E-state index contributed by atoms with van der Waals surface area (Å²) in [6, 6.07) is 7.17. The lowest BCUT2D eigenvalue weighted by Gasteiger charge is -2.39.